The number of barbiturate groups is 1. The maximum absolute atomic E-state index is 13.3. The molecule has 1 aliphatic rings. The lowest BCUT2D eigenvalue weighted by Crippen LogP contribution is -2.54. The van der Waals surface area contributed by atoms with E-state index in [2.05, 4.69) is 5.32 Å². The molecule has 3 aromatic rings. The van der Waals surface area contributed by atoms with Gasteiger partial charge in [-0.3, -0.25) is 14.9 Å². The van der Waals surface area contributed by atoms with Gasteiger partial charge in [-0.05, 0) is 54.8 Å². The van der Waals surface area contributed by atoms with Gasteiger partial charge in [0, 0.05) is 10.6 Å². The molecule has 7 heteroatoms. The lowest BCUT2D eigenvalue weighted by Gasteiger charge is -2.28. The number of nitrogens with zero attached hydrogens (tertiary/aromatic N) is 1. The van der Waals surface area contributed by atoms with Gasteiger partial charge in [-0.15, -0.1) is 0 Å². The summed E-state index contributed by atoms with van der Waals surface area (Å²) in [5, 5.41) is 2.68. The van der Waals surface area contributed by atoms with Gasteiger partial charge in [0.1, 0.15) is 17.9 Å². The minimum absolute atomic E-state index is 0.187. The molecule has 1 aliphatic heterocycles. The minimum Gasteiger partial charge on any atom is -0.488 e. The van der Waals surface area contributed by atoms with E-state index in [9.17, 15) is 14.4 Å². The standard InChI is InChI=1S/C27H23ClN2O4/c1-3-19-6-4-5-7-23(19)30-26(32)22(25(31)29-27(30)33)15-20-14-21(28)12-13-24(20)34-16-18-10-8-17(2)9-11-18/h4-15H,3,16H2,1-2H3,(H,29,31,33)/b22-15-. The van der Waals surface area contributed by atoms with E-state index in [4.69, 9.17) is 16.3 Å². The smallest absolute Gasteiger partial charge is 0.335 e. The van der Waals surface area contributed by atoms with Crippen LogP contribution in [-0.4, -0.2) is 17.8 Å². The second-order valence-electron chi connectivity index (χ2n) is 7.90. The van der Waals surface area contributed by atoms with Crippen molar-refractivity contribution in [3.8, 4) is 5.75 Å². The van der Waals surface area contributed by atoms with E-state index in [1.807, 2.05) is 50.2 Å². The van der Waals surface area contributed by atoms with Crippen LogP contribution in [0.1, 0.15) is 29.2 Å². The van der Waals surface area contributed by atoms with Gasteiger partial charge >= 0.3 is 6.03 Å². The number of urea groups is 1. The van der Waals surface area contributed by atoms with Gasteiger partial charge < -0.3 is 4.74 Å². The summed E-state index contributed by atoms with van der Waals surface area (Å²) in [5.74, 6) is -1.03. The third-order valence-electron chi connectivity index (χ3n) is 5.50. The van der Waals surface area contributed by atoms with Crippen molar-refractivity contribution >= 4 is 41.2 Å². The molecule has 3 aromatic carbocycles. The van der Waals surface area contributed by atoms with Crippen LogP contribution in [0.3, 0.4) is 0 Å². The Bertz CT molecular complexity index is 1300. The molecule has 0 aliphatic carbocycles. The van der Waals surface area contributed by atoms with E-state index in [-0.39, 0.29) is 5.57 Å². The Balaban J connectivity index is 1.68. The number of imide groups is 2. The fourth-order valence-electron chi connectivity index (χ4n) is 3.67. The van der Waals surface area contributed by atoms with Crippen molar-refractivity contribution in [3.05, 3.63) is 99.6 Å². The van der Waals surface area contributed by atoms with Crippen LogP contribution in [0.2, 0.25) is 5.02 Å². The maximum atomic E-state index is 13.3. The first-order valence-corrected chi connectivity index (χ1v) is 11.2. The number of anilines is 1. The van der Waals surface area contributed by atoms with Crippen LogP contribution >= 0.6 is 11.6 Å². The SMILES string of the molecule is CCc1ccccc1N1C(=O)NC(=O)/C(=C/c2cc(Cl)ccc2OCc2ccc(C)cc2)C1=O. The Morgan fingerprint density at radius 3 is 2.47 bits per heavy atom. The lowest BCUT2D eigenvalue weighted by atomic mass is 10.0. The number of aryl methyl sites for hydroxylation is 2. The molecule has 1 saturated heterocycles. The van der Waals surface area contributed by atoms with Gasteiger partial charge in [-0.25, -0.2) is 9.69 Å². The molecule has 4 rings (SSSR count). The molecule has 0 unspecified atom stereocenters. The van der Waals surface area contributed by atoms with Crippen LogP contribution in [0.4, 0.5) is 10.5 Å². The van der Waals surface area contributed by atoms with Crippen molar-refractivity contribution in [1.29, 1.82) is 0 Å². The summed E-state index contributed by atoms with van der Waals surface area (Å²) < 4.78 is 5.97. The number of halogens is 1. The zero-order valence-corrected chi connectivity index (χ0v) is 19.6. The molecule has 4 amide bonds. The molecule has 1 heterocycles. The van der Waals surface area contributed by atoms with Crippen molar-refractivity contribution in [2.75, 3.05) is 4.90 Å². The number of amides is 4. The molecule has 34 heavy (non-hydrogen) atoms. The highest BCUT2D eigenvalue weighted by Gasteiger charge is 2.37. The Morgan fingerprint density at radius 1 is 1.00 bits per heavy atom. The van der Waals surface area contributed by atoms with Crippen molar-refractivity contribution < 1.29 is 19.1 Å². The molecule has 0 aromatic heterocycles. The Morgan fingerprint density at radius 2 is 1.74 bits per heavy atom. The molecule has 0 spiro atoms. The molecule has 172 valence electrons. The third-order valence-corrected chi connectivity index (χ3v) is 5.74. The number of nitrogens with one attached hydrogen (secondary N) is 1. The van der Waals surface area contributed by atoms with Gasteiger partial charge in [0.25, 0.3) is 11.8 Å². The van der Waals surface area contributed by atoms with Gasteiger partial charge in [-0.1, -0.05) is 66.6 Å². The summed E-state index contributed by atoms with van der Waals surface area (Å²) in [6, 6.07) is 19.2. The van der Waals surface area contributed by atoms with Crippen LogP contribution in [-0.2, 0) is 22.6 Å². The zero-order chi connectivity index (χ0) is 24.2. The highest BCUT2D eigenvalue weighted by atomic mass is 35.5. The van der Waals surface area contributed by atoms with Crippen molar-refractivity contribution in [2.45, 2.75) is 26.9 Å². The van der Waals surface area contributed by atoms with E-state index in [0.717, 1.165) is 21.6 Å². The first kappa shape index (κ1) is 23.3. The zero-order valence-electron chi connectivity index (χ0n) is 18.8. The number of rotatable bonds is 6. The minimum atomic E-state index is -0.782. The van der Waals surface area contributed by atoms with Crippen LogP contribution in [0.15, 0.2) is 72.3 Å². The van der Waals surface area contributed by atoms with Crippen LogP contribution in [0, 0.1) is 6.92 Å². The van der Waals surface area contributed by atoms with E-state index in [1.54, 1.807) is 30.3 Å². The summed E-state index contributed by atoms with van der Waals surface area (Å²) >= 11 is 6.19. The molecule has 0 atom stereocenters. The average Bonchev–Trinajstić information content (AvgIpc) is 2.82. The number of ether oxygens (including phenoxy) is 1. The monoisotopic (exact) mass is 474 g/mol. The quantitative estimate of drug-likeness (QED) is 0.380. The summed E-state index contributed by atoms with van der Waals surface area (Å²) in [5.41, 5.74) is 3.63. The summed E-state index contributed by atoms with van der Waals surface area (Å²) in [6.07, 6.45) is 2.02. The summed E-state index contributed by atoms with van der Waals surface area (Å²) in [4.78, 5) is 39.5. The fraction of sp³-hybridized carbons (Fsp3) is 0.148. The number of para-hydroxylation sites is 1. The molecule has 1 N–H and O–H groups in total. The highest BCUT2D eigenvalue weighted by molar-refractivity contribution is 6.39. The topological polar surface area (TPSA) is 75.7 Å². The molecule has 6 nitrogen and oxygen atoms in total. The Hall–Kier alpha value is -3.90. The van der Waals surface area contributed by atoms with Crippen LogP contribution in [0.5, 0.6) is 5.75 Å². The third kappa shape index (κ3) is 4.87. The second-order valence-corrected chi connectivity index (χ2v) is 8.33. The molecule has 0 radical (unpaired) electrons. The van der Waals surface area contributed by atoms with Crippen LogP contribution in [0.25, 0.3) is 6.08 Å². The molecular weight excluding hydrogens is 452 g/mol. The van der Waals surface area contributed by atoms with E-state index < -0.39 is 17.8 Å². The number of benzene rings is 3. The van der Waals surface area contributed by atoms with Crippen molar-refractivity contribution in [2.24, 2.45) is 0 Å². The van der Waals surface area contributed by atoms with Crippen molar-refractivity contribution in [3.63, 3.8) is 0 Å². The van der Waals surface area contributed by atoms with Crippen molar-refractivity contribution in [1.82, 2.24) is 5.32 Å². The normalized spacial score (nSPS) is 15.0. The number of hydrogen-bond donors (Lipinski definition) is 1. The summed E-state index contributed by atoms with van der Waals surface area (Å²) in [7, 11) is 0. The predicted octanol–water partition coefficient (Wildman–Crippen LogP) is 5.46. The van der Waals surface area contributed by atoms with Crippen LogP contribution < -0.4 is 15.0 Å². The Kier molecular flexibility index (Phi) is 6.80. The molecule has 0 saturated carbocycles. The van der Waals surface area contributed by atoms with E-state index in [1.165, 1.54) is 6.08 Å². The van der Waals surface area contributed by atoms with Gasteiger partial charge in [0.05, 0.1) is 5.69 Å². The predicted molar refractivity (Wildman–Crippen MR) is 132 cm³/mol. The molecular formula is C27H23ClN2O4. The number of carbonyl (C=O) groups is 3. The average molecular weight is 475 g/mol. The second kappa shape index (κ2) is 9.93. The first-order chi connectivity index (χ1) is 16.4. The Labute approximate surface area is 202 Å². The molecule has 1 fully saturated rings. The first-order valence-electron chi connectivity index (χ1n) is 10.8. The fourth-order valence-corrected chi connectivity index (χ4v) is 3.85. The van der Waals surface area contributed by atoms with Gasteiger partial charge in [0.15, 0.2) is 0 Å². The maximum Gasteiger partial charge on any atom is 0.335 e. The largest absolute Gasteiger partial charge is 0.488 e. The highest BCUT2D eigenvalue weighted by Crippen LogP contribution is 2.29. The number of carbonyl (C=O) groups excluding carboxylic acids is 3. The van der Waals surface area contributed by atoms with Gasteiger partial charge in [0.2, 0.25) is 0 Å². The lowest BCUT2D eigenvalue weighted by molar-refractivity contribution is -0.122. The van der Waals surface area contributed by atoms with E-state index in [0.29, 0.717) is 35.1 Å². The summed E-state index contributed by atoms with van der Waals surface area (Å²) in [6.45, 7) is 4.23. The van der Waals surface area contributed by atoms with Gasteiger partial charge in [-0.2, -0.15) is 0 Å². The van der Waals surface area contributed by atoms with E-state index >= 15 is 0 Å². The molecule has 0 bridgehead atoms. The number of hydrogen-bond acceptors (Lipinski definition) is 4.